The van der Waals surface area contributed by atoms with Crippen LogP contribution in [0, 0.1) is 0 Å². The molecule has 2 aromatic carbocycles. The molecule has 0 spiro atoms. The molecule has 3 amide bonds. The number of amides is 3. The molecule has 0 saturated heterocycles. The second kappa shape index (κ2) is 8.64. The number of rotatable bonds is 6. The van der Waals surface area contributed by atoms with Gasteiger partial charge >= 0.3 is 12.0 Å². The molecule has 3 rings (SSSR count). The Morgan fingerprint density at radius 2 is 1.80 bits per heavy atom. The number of benzene rings is 2. The van der Waals surface area contributed by atoms with Crippen molar-refractivity contribution in [3.05, 3.63) is 54.4 Å². The predicted octanol–water partition coefficient (Wildman–Crippen LogP) is 4.40. The summed E-state index contributed by atoms with van der Waals surface area (Å²) in [6.45, 7) is 5.81. The van der Waals surface area contributed by atoms with Gasteiger partial charge in [0.25, 0.3) is 0 Å². The van der Waals surface area contributed by atoms with Gasteiger partial charge in [-0.1, -0.05) is 31.9 Å². The summed E-state index contributed by atoms with van der Waals surface area (Å²) in [6, 6.07) is 13.5. The molecule has 0 aliphatic carbocycles. The van der Waals surface area contributed by atoms with E-state index in [1.165, 1.54) is 4.90 Å². The molecule has 156 valence electrons. The molecule has 2 N–H and O–H groups in total. The van der Waals surface area contributed by atoms with Crippen molar-refractivity contribution in [2.75, 3.05) is 22.6 Å². The first-order chi connectivity index (χ1) is 14.2. The first-order valence-corrected chi connectivity index (χ1v) is 9.23. The molecule has 0 radical (unpaired) electrons. The lowest BCUT2D eigenvalue weighted by atomic mass is 9.97. The van der Waals surface area contributed by atoms with Crippen LogP contribution in [0.5, 0.6) is 11.5 Å². The van der Waals surface area contributed by atoms with E-state index in [-0.39, 0.29) is 11.4 Å². The Bertz CT molecular complexity index is 1020. The van der Waals surface area contributed by atoms with Gasteiger partial charge in [0.2, 0.25) is 12.3 Å². The summed E-state index contributed by atoms with van der Waals surface area (Å²) < 4.78 is 11.2. The van der Waals surface area contributed by atoms with Crippen molar-refractivity contribution in [3.63, 3.8) is 0 Å². The highest BCUT2D eigenvalue weighted by Crippen LogP contribution is 2.26. The number of ether oxygens (including phenoxy) is 1. The van der Waals surface area contributed by atoms with Crippen molar-refractivity contribution in [3.8, 4) is 11.5 Å². The fourth-order valence-electron chi connectivity index (χ4n) is 2.41. The maximum atomic E-state index is 12.1. The SMILES string of the molecule is CN(C=O)c1cccc(Oc2ccc(NC(=O)Nc3nnc(C(C)(C)C)o3)cc2)c1. The predicted molar refractivity (Wildman–Crippen MR) is 113 cm³/mol. The number of carbonyl (C=O) groups is 2. The highest BCUT2D eigenvalue weighted by atomic mass is 16.5. The van der Waals surface area contributed by atoms with Crippen molar-refractivity contribution in [1.82, 2.24) is 10.2 Å². The van der Waals surface area contributed by atoms with E-state index in [9.17, 15) is 9.59 Å². The van der Waals surface area contributed by atoms with E-state index in [2.05, 4.69) is 20.8 Å². The van der Waals surface area contributed by atoms with Crippen LogP contribution in [-0.2, 0) is 10.2 Å². The molecule has 0 aliphatic rings. The topological polar surface area (TPSA) is 110 Å². The third-order valence-corrected chi connectivity index (χ3v) is 4.02. The number of hydrogen-bond donors (Lipinski definition) is 2. The Kier molecular flexibility index (Phi) is 6.01. The second-order valence-electron chi connectivity index (χ2n) is 7.58. The normalized spacial score (nSPS) is 10.9. The third-order valence-electron chi connectivity index (χ3n) is 4.02. The van der Waals surface area contributed by atoms with E-state index in [1.807, 2.05) is 20.8 Å². The number of carbonyl (C=O) groups excluding carboxylic acids is 2. The monoisotopic (exact) mass is 409 g/mol. The van der Waals surface area contributed by atoms with E-state index < -0.39 is 6.03 Å². The number of nitrogens with zero attached hydrogens (tertiary/aromatic N) is 3. The van der Waals surface area contributed by atoms with E-state index in [0.717, 1.165) is 6.41 Å². The van der Waals surface area contributed by atoms with Gasteiger partial charge in [-0.2, -0.15) is 0 Å². The first-order valence-electron chi connectivity index (χ1n) is 9.23. The Morgan fingerprint density at radius 3 is 2.43 bits per heavy atom. The average molecular weight is 409 g/mol. The zero-order valence-corrected chi connectivity index (χ0v) is 17.2. The Balaban J connectivity index is 1.58. The number of aromatic nitrogens is 2. The van der Waals surface area contributed by atoms with Crippen molar-refractivity contribution in [2.45, 2.75) is 26.2 Å². The lowest BCUT2D eigenvalue weighted by Crippen LogP contribution is -2.19. The van der Waals surface area contributed by atoms with Crippen LogP contribution in [0.1, 0.15) is 26.7 Å². The number of anilines is 3. The van der Waals surface area contributed by atoms with E-state index in [0.29, 0.717) is 28.8 Å². The second-order valence-corrected chi connectivity index (χ2v) is 7.58. The van der Waals surface area contributed by atoms with Crippen molar-refractivity contribution < 1.29 is 18.7 Å². The molecule has 0 unspecified atom stereocenters. The minimum Gasteiger partial charge on any atom is -0.457 e. The van der Waals surface area contributed by atoms with Gasteiger partial charge in [-0.25, -0.2) is 4.79 Å². The zero-order valence-electron chi connectivity index (χ0n) is 17.2. The fraction of sp³-hybridized carbons (Fsp3) is 0.238. The van der Waals surface area contributed by atoms with Crippen LogP contribution in [0.4, 0.5) is 22.2 Å². The van der Waals surface area contributed by atoms with Crippen LogP contribution in [0.25, 0.3) is 0 Å². The van der Waals surface area contributed by atoms with Gasteiger partial charge in [0, 0.05) is 29.9 Å². The zero-order chi connectivity index (χ0) is 21.7. The summed E-state index contributed by atoms with van der Waals surface area (Å²) in [6.07, 6.45) is 0.725. The summed E-state index contributed by atoms with van der Waals surface area (Å²) in [5.74, 6) is 1.60. The van der Waals surface area contributed by atoms with Crippen LogP contribution >= 0.6 is 0 Å². The van der Waals surface area contributed by atoms with Crippen LogP contribution in [0.15, 0.2) is 52.9 Å². The Hall–Kier alpha value is -3.88. The molecule has 0 fully saturated rings. The summed E-state index contributed by atoms with van der Waals surface area (Å²) in [7, 11) is 1.66. The maximum Gasteiger partial charge on any atom is 0.327 e. The Morgan fingerprint density at radius 1 is 1.07 bits per heavy atom. The summed E-state index contributed by atoms with van der Waals surface area (Å²) in [4.78, 5) is 24.5. The maximum absolute atomic E-state index is 12.1. The smallest absolute Gasteiger partial charge is 0.327 e. The van der Waals surface area contributed by atoms with E-state index in [4.69, 9.17) is 9.15 Å². The average Bonchev–Trinajstić information content (AvgIpc) is 3.18. The molecule has 9 heteroatoms. The highest BCUT2D eigenvalue weighted by molar-refractivity contribution is 5.98. The van der Waals surface area contributed by atoms with E-state index in [1.54, 1.807) is 55.6 Å². The molecular weight excluding hydrogens is 386 g/mol. The number of hydrogen-bond acceptors (Lipinski definition) is 6. The molecule has 9 nitrogen and oxygen atoms in total. The largest absolute Gasteiger partial charge is 0.457 e. The lowest BCUT2D eigenvalue weighted by Gasteiger charge is -2.13. The summed E-state index contributed by atoms with van der Waals surface area (Å²) >= 11 is 0. The number of urea groups is 1. The van der Waals surface area contributed by atoms with Crippen LogP contribution in [0.3, 0.4) is 0 Å². The number of nitrogens with one attached hydrogen (secondary N) is 2. The van der Waals surface area contributed by atoms with Crippen molar-refractivity contribution in [1.29, 1.82) is 0 Å². The van der Waals surface area contributed by atoms with Gasteiger partial charge in [0.05, 0.1) is 0 Å². The standard InChI is InChI=1S/C21H23N5O4/c1-21(2,3)18-24-25-20(30-18)23-19(28)22-14-8-10-16(11-9-14)29-17-7-5-6-15(12-17)26(4)13-27/h5-13H,1-4H3,(H2,22,23,25,28). The van der Waals surface area contributed by atoms with Gasteiger partial charge in [0.1, 0.15) is 11.5 Å². The lowest BCUT2D eigenvalue weighted by molar-refractivity contribution is -0.107. The minimum absolute atomic E-state index is 0.0255. The molecule has 0 bridgehead atoms. The molecule has 1 aromatic heterocycles. The van der Waals surface area contributed by atoms with Crippen LogP contribution < -0.4 is 20.3 Å². The molecule has 0 saturated carbocycles. The minimum atomic E-state index is -0.502. The third kappa shape index (κ3) is 5.34. The van der Waals surface area contributed by atoms with Gasteiger partial charge in [-0.15, -0.1) is 5.10 Å². The molecular formula is C21H23N5O4. The van der Waals surface area contributed by atoms with Gasteiger partial charge in [0.15, 0.2) is 0 Å². The van der Waals surface area contributed by atoms with Crippen molar-refractivity contribution in [2.24, 2.45) is 0 Å². The quantitative estimate of drug-likeness (QED) is 0.584. The highest BCUT2D eigenvalue weighted by Gasteiger charge is 2.22. The molecule has 0 atom stereocenters. The fourth-order valence-corrected chi connectivity index (χ4v) is 2.41. The molecule has 1 heterocycles. The van der Waals surface area contributed by atoms with Crippen LogP contribution in [0.2, 0.25) is 0 Å². The molecule has 30 heavy (non-hydrogen) atoms. The Labute approximate surface area is 174 Å². The molecule has 3 aromatic rings. The van der Waals surface area contributed by atoms with Gasteiger partial charge in [-0.3, -0.25) is 10.1 Å². The summed E-state index contributed by atoms with van der Waals surface area (Å²) in [5.41, 5.74) is 0.972. The first kappa shape index (κ1) is 20.8. The molecule has 0 aliphatic heterocycles. The van der Waals surface area contributed by atoms with Gasteiger partial charge < -0.3 is 19.4 Å². The van der Waals surface area contributed by atoms with Crippen LogP contribution in [-0.4, -0.2) is 29.7 Å². The van der Waals surface area contributed by atoms with Crippen molar-refractivity contribution >= 4 is 29.8 Å². The van der Waals surface area contributed by atoms with E-state index >= 15 is 0 Å². The summed E-state index contributed by atoms with van der Waals surface area (Å²) in [5, 5.41) is 12.9. The van der Waals surface area contributed by atoms with Gasteiger partial charge in [-0.05, 0) is 36.4 Å².